The molecule has 0 bridgehead atoms. The Labute approximate surface area is 92.7 Å². The van der Waals surface area contributed by atoms with Crippen LogP contribution in [0, 0.1) is 0 Å². The number of nitrogens with zero attached hydrogens (tertiary/aromatic N) is 2. The van der Waals surface area contributed by atoms with Crippen LogP contribution in [0.25, 0.3) is 0 Å². The summed E-state index contributed by atoms with van der Waals surface area (Å²) in [4.78, 5) is 27.5. The number of amides is 1. The predicted octanol–water partition coefficient (Wildman–Crippen LogP) is 0.902. The van der Waals surface area contributed by atoms with Crippen molar-refractivity contribution >= 4 is 11.9 Å². The molecule has 1 aromatic rings. The third-order valence-electron chi connectivity index (χ3n) is 2.59. The molecule has 0 spiro atoms. The fraction of sp³-hybridized carbons (Fsp3) is 0.364. The molecule has 1 saturated heterocycles. The van der Waals surface area contributed by atoms with E-state index in [2.05, 4.69) is 4.98 Å². The number of carbonyl (C=O) groups excluding carboxylic acids is 1. The molecule has 0 radical (unpaired) electrons. The molecule has 1 amide bonds. The highest BCUT2D eigenvalue weighted by Crippen LogP contribution is 2.13. The molecule has 5 nitrogen and oxygen atoms in total. The van der Waals surface area contributed by atoms with E-state index < -0.39 is 5.97 Å². The maximum absolute atomic E-state index is 11.4. The van der Waals surface area contributed by atoms with Gasteiger partial charge in [-0.2, -0.15) is 0 Å². The minimum absolute atomic E-state index is 0.0245. The first kappa shape index (κ1) is 10.6. The standard InChI is InChI=1S/C11H12N2O3/c14-10-2-1-5-13(10)7-8-3-4-9(11(15)16)12-6-8/h3-4,6H,1-2,5,7H2,(H,15,16). The molecule has 0 unspecified atom stereocenters. The third kappa shape index (κ3) is 2.18. The van der Waals surface area contributed by atoms with Gasteiger partial charge in [-0.05, 0) is 18.1 Å². The Morgan fingerprint density at radius 2 is 2.31 bits per heavy atom. The van der Waals surface area contributed by atoms with Gasteiger partial charge in [0.05, 0.1) is 0 Å². The van der Waals surface area contributed by atoms with Gasteiger partial charge in [0.15, 0.2) is 0 Å². The normalized spacial score (nSPS) is 15.5. The minimum atomic E-state index is -1.04. The number of hydrogen-bond donors (Lipinski definition) is 1. The molecule has 5 heteroatoms. The highest BCUT2D eigenvalue weighted by molar-refractivity contribution is 5.85. The highest BCUT2D eigenvalue weighted by Gasteiger charge is 2.20. The van der Waals surface area contributed by atoms with Crippen molar-refractivity contribution in [3.63, 3.8) is 0 Å². The zero-order valence-corrected chi connectivity index (χ0v) is 8.72. The number of carboxylic acid groups (broad SMARTS) is 1. The molecule has 0 aromatic carbocycles. The first-order valence-electron chi connectivity index (χ1n) is 5.13. The van der Waals surface area contributed by atoms with E-state index in [0.29, 0.717) is 13.0 Å². The smallest absolute Gasteiger partial charge is 0.354 e. The summed E-state index contributed by atoms with van der Waals surface area (Å²) in [5.41, 5.74) is 0.886. The van der Waals surface area contributed by atoms with Crippen LogP contribution in [0.3, 0.4) is 0 Å². The summed E-state index contributed by atoms with van der Waals surface area (Å²) in [5.74, 6) is -0.883. The van der Waals surface area contributed by atoms with E-state index in [1.165, 1.54) is 12.3 Å². The van der Waals surface area contributed by atoms with Gasteiger partial charge in [0.1, 0.15) is 5.69 Å². The second-order valence-corrected chi connectivity index (χ2v) is 3.78. The fourth-order valence-corrected chi connectivity index (χ4v) is 1.74. The van der Waals surface area contributed by atoms with Crippen LogP contribution in [0.4, 0.5) is 0 Å². The maximum atomic E-state index is 11.4. The summed E-state index contributed by atoms with van der Waals surface area (Å²) in [6.45, 7) is 1.30. The van der Waals surface area contributed by atoms with Crippen molar-refractivity contribution in [2.45, 2.75) is 19.4 Å². The van der Waals surface area contributed by atoms with E-state index in [0.717, 1.165) is 18.5 Å². The summed E-state index contributed by atoms with van der Waals surface area (Å²) in [7, 11) is 0. The summed E-state index contributed by atoms with van der Waals surface area (Å²) < 4.78 is 0. The average Bonchev–Trinajstić information content (AvgIpc) is 2.65. The van der Waals surface area contributed by atoms with Crippen molar-refractivity contribution in [2.75, 3.05) is 6.54 Å². The van der Waals surface area contributed by atoms with Crippen LogP contribution in [0.15, 0.2) is 18.3 Å². The number of aromatic nitrogens is 1. The van der Waals surface area contributed by atoms with Gasteiger partial charge in [-0.1, -0.05) is 6.07 Å². The van der Waals surface area contributed by atoms with Crippen LogP contribution in [0.2, 0.25) is 0 Å². The monoisotopic (exact) mass is 220 g/mol. The number of hydrogen-bond acceptors (Lipinski definition) is 3. The molecule has 1 fully saturated rings. The van der Waals surface area contributed by atoms with Crippen molar-refractivity contribution in [1.82, 2.24) is 9.88 Å². The summed E-state index contributed by atoms with van der Waals surface area (Å²) in [6.07, 6.45) is 3.02. The molecule has 2 rings (SSSR count). The summed E-state index contributed by atoms with van der Waals surface area (Å²) in [5, 5.41) is 8.67. The van der Waals surface area contributed by atoms with Gasteiger partial charge in [0, 0.05) is 25.7 Å². The molecule has 16 heavy (non-hydrogen) atoms. The van der Waals surface area contributed by atoms with E-state index in [1.54, 1.807) is 11.0 Å². The summed E-state index contributed by atoms with van der Waals surface area (Å²) >= 11 is 0. The second-order valence-electron chi connectivity index (χ2n) is 3.78. The third-order valence-corrected chi connectivity index (χ3v) is 2.59. The lowest BCUT2D eigenvalue weighted by molar-refractivity contribution is -0.128. The van der Waals surface area contributed by atoms with Crippen LogP contribution in [0.1, 0.15) is 28.9 Å². The van der Waals surface area contributed by atoms with Crippen molar-refractivity contribution in [3.05, 3.63) is 29.6 Å². The second kappa shape index (κ2) is 4.30. The van der Waals surface area contributed by atoms with Gasteiger partial charge < -0.3 is 10.0 Å². The molecule has 2 heterocycles. The van der Waals surface area contributed by atoms with E-state index >= 15 is 0 Å². The van der Waals surface area contributed by atoms with Crippen LogP contribution in [-0.2, 0) is 11.3 Å². The first-order chi connectivity index (χ1) is 7.66. The molecule has 1 aromatic heterocycles. The Kier molecular flexibility index (Phi) is 2.85. The number of aromatic carboxylic acids is 1. The minimum Gasteiger partial charge on any atom is -0.477 e. The Morgan fingerprint density at radius 1 is 1.50 bits per heavy atom. The van der Waals surface area contributed by atoms with Gasteiger partial charge in [-0.15, -0.1) is 0 Å². The van der Waals surface area contributed by atoms with Gasteiger partial charge in [0.2, 0.25) is 5.91 Å². The van der Waals surface area contributed by atoms with Crippen molar-refractivity contribution in [3.8, 4) is 0 Å². The largest absolute Gasteiger partial charge is 0.477 e. The van der Waals surface area contributed by atoms with Crippen molar-refractivity contribution in [1.29, 1.82) is 0 Å². The zero-order chi connectivity index (χ0) is 11.5. The van der Waals surface area contributed by atoms with Crippen molar-refractivity contribution < 1.29 is 14.7 Å². The van der Waals surface area contributed by atoms with Crippen LogP contribution < -0.4 is 0 Å². The van der Waals surface area contributed by atoms with E-state index in [1.807, 2.05) is 0 Å². The average molecular weight is 220 g/mol. The van der Waals surface area contributed by atoms with Gasteiger partial charge in [0.25, 0.3) is 0 Å². The topological polar surface area (TPSA) is 70.5 Å². The SMILES string of the molecule is O=C(O)c1ccc(CN2CCCC2=O)cn1. The molecular formula is C11H12N2O3. The number of carboxylic acids is 1. The molecule has 1 N–H and O–H groups in total. The first-order valence-corrected chi connectivity index (χ1v) is 5.13. The summed E-state index contributed by atoms with van der Waals surface area (Å²) in [6, 6.07) is 3.15. The lowest BCUT2D eigenvalue weighted by atomic mass is 10.2. The van der Waals surface area contributed by atoms with Crippen LogP contribution >= 0.6 is 0 Å². The van der Waals surface area contributed by atoms with Crippen LogP contribution in [-0.4, -0.2) is 33.4 Å². The molecule has 1 aliphatic heterocycles. The lowest BCUT2D eigenvalue weighted by Gasteiger charge is -2.14. The van der Waals surface area contributed by atoms with E-state index in [4.69, 9.17) is 5.11 Å². The molecular weight excluding hydrogens is 208 g/mol. The molecule has 1 aliphatic rings. The Balaban J connectivity index is 2.05. The van der Waals surface area contributed by atoms with Crippen LogP contribution in [0.5, 0.6) is 0 Å². The molecule has 84 valence electrons. The van der Waals surface area contributed by atoms with E-state index in [9.17, 15) is 9.59 Å². The zero-order valence-electron chi connectivity index (χ0n) is 8.72. The van der Waals surface area contributed by atoms with Gasteiger partial charge in [-0.25, -0.2) is 9.78 Å². The highest BCUT2D eigenvalue weighted by atomic mass is 16.4. The number of likely N-dealkylation sites (tertiary alicyclic amines) is 1. The van der Waals surface area contributed by atoms with Crippen molar-refractivity contribution in [2.24, 2.45) is 0 Å². The molecule has 0 aliphatic carbocycles. The van der Waals surface area contributed by atoms with Gasteiger partial charge >= 0.3 is 5.97 Å². The van der Waals surface area contributed by atoms with E-state index in [-0.39, 0.29) is 11.6 Å². The number of rotatable bonds is 3. The number of carbonyl (C=O) groups is 2. The molecule has 0 atom stereocenters. The lowest BCUT2D eigenvalue weighted by Crippen LogP contribution is -2.23. The fourth-order valence-electron chi connectivity index (χ4n) is 1.74. The predicted molar refractivity (Wildman–Crippen MR) is 55.8 cm³/mol. The molecule has 0 saturated carbocycles. The van der Waals surface area contributed by atoms with Gasteiger partial charge in [-0.3, -0.25) is 4.79 Å². The quantitative estimate of drug-likeness (QED) is 0.821. The Morgan fingerprint density at radius 3 is 2.81 bits per heavy atom. The number of pyridine rings is 1. The Hall–Kier alpha value is -1.91. The Bertz CT molecular complexity index is 414. The maximum Gasteiger partial charge on any atom is 0.354 e.